The van der Waals surface area contributed by atoms with Gasteiger partial charge < -0.3 is 9.84 Å². The number of aliphatic hydroxyl groups is 1. The highest BCUT2D eigenvalue weighted by atomic mass is 16.5. The molecule has 2 aromatic rings. The van der Waals surface area contributed by atoms with Crippen LogP contribution >= 0.6 is 0 Å². The lowest BCUT2D eigenvalue weighted by molar-refractivity contribution is -0.139. The normalized spacial score (nSPS) is 14.5. The molecule has 0 radical (unpaired) electrons. The second-order valence-electron chi connectivity index (χ2n) is 7.69. The van der Waals surface area contributed by atoms with Gasteiger partial charge >= 0.3 is 5.97 Å². The number of aliphatic hydroxyl groups excluding tert-OH is 1. The monoisotopic (exact) mass is 380 g/mol. The van der Waals surface area contributed by atoms with Crippen molar-refractivity contribution in [3.05, 3.63) is 70.8 Å². The van der Waals surface area contributed by atoms with Gasteiger partial charge in [0.25, 0.3) is 0 Å². The van der Waals surface area contributed by atoms with Gasteiger partial charge in [0.05, 0.1) is 19.6 Å². The van der Waals surface area contributed by atoms with Crippen molar-refractivity contribution in [1.82, 2.24) is 0 Å². The van der Waals surface area contributed by atoms with Crippen LogP contribution in [0.5, 0.6) is 0 Å². The summed E-state index contributed by atoms with van der Waals surface area (Å²) in [5.74, 6) is 0.328. The highest BCUT2D eigenvalue weighted by Crippen LogP contribution is 2.30. The van der Waals surface area contributed by atoms with E-state index in [1.165, 1.54) is 18.2 Å². The van der Waals surface area contributed by atoms with Crippen LogP contribution in [0.25, 0.3) is 0 Å². The van der Waals surface area contributed by atoms with Crippen molar-refractivity contribution in [1.29, 1.82) is 0 Å². The summed E-state index contributed by atoms with van der Waals surface area (Å²) in [4.78, 5) is 23.6. The molecule has 0 saturated heterocycles. The lowest BCUT2D eigenvalue weighted by Crippen LogP contribution is -2.12. The molecule has 0 saturated carbocycles. The van der Waals surface area contributed by atoms with Gasteiger partial charge in [-0.05, 0) is 54.7 Å². The maximum Gasteiger partial charge on any atom is 0.309 e. The van der Waals surface area contributed by atoms with Gasteiger partial charge in [-0.3, -0.25) is 9.59 Å². The highest BCUT2D eigenvalue weighted by molar-refractivity contribution is 5.96. The third kappa shape index (κ3) is 5.52. The Hall–Kier alpha value is -2.46. The van der Waals surface area contributed by atoms with E-state index in [2.05, 4.69) is 29.0 Å². The molecular formula is C24H28O4. The first-order valence-electron chi connectivity index (χ1n) is 9.99. The van der Waals surface area contributed by atoms with Gasteiger partial charge in [-0.2, -0.15) is 0 Å². The van der Waals surface area contributed by atoms with Gasteiger partial charge in [0.2, 0.25) is 0 Å². The molecule has 0 spiro atoms. The average molecular weight is 380 g/mol. The summed E-state index contributed by atoms with van der Waals surface area (Å²) < 4.78 is 4.64. The molecule has 0 amide bonds. The van der Waals surface area contributed by atoms with Crippen LogP contribution in [0.3, 0.4) is 0 Å². The van der Waals surface area contributed by atoms with Crippen molar-refractivity contribution in [3.63, 3.8) is 0 Å². The number of rotatable bonds is 9. The van der Waals surface area contributed by atoms with Crippen LogP contribution in [0.4, 0.5) is 0 Å². The average Bonchev–Trinajstić information content (AvgIpc) is 3.14. The molecule has 2 aromatic carbocycles. The Labute approximate surface area is 166 Å². The molecule has 3 rings (SSSR count). The third-order valence-corrected chi connectivity index (χ3v) is 5.60. The van der Waals surface area contributed by atoms with Crippen LogP contribution < -0.4 is 0 Å². The Morgan fingerprint density at radius 1 is 1.04 bits per heavy atom. The minimum atomic E-state index is -0.439. The molecule has 148 valence electrons. The standard InChI is InChI=1S/C24H28O4/c1-28-24(27)16-17-6-9-19(10-7-17)23(26)13-12-22(25)11-8-18-14-20-4-2-3-5-21(20)15-18/h2-7,9-10,18,22,25H,8,11-16H2,1H3/t22-/m0/s1. The van der Waals surface area contributed by atoms with E-state index in [4.69, 9.17) is 0 Å². The van der Waals surface area contributed by atoms with Crippen LogP contribution in [0.1, 0.15) is 52.7 Å². The van der Waals surface area contributed by atoms with Crippen molar-refractivity contribution in [2.24, 2.45) is 5.92 Å². The molecule has 4 nitrogen and oxygen atoms in total. The molecule has 0 fully saturated rings. The van der Waals surface area contributed by atoms with E-state index in [9.17, 15) is 14.7 Å². The fourth-order valence-corrected chi connectivity index (χ4v) is 3.92. The smallest absolute Gasteiger partial charge is 0.309 e. The molecule has 0 unspecified atom stereocenters. The first-order valence-corrected chi connectivity index (χ1v) is 9.99. The summed E-state index contributed by atoms with van der Waals surface area (Å²) in [5.41, 5.74) is 4.31. The fourth-order valence-electron chi connectivity index (χ4n) is 3.92. The summed E-state index contributed by atoms with van der Waals surface area (Å²) in [6, 6.07) is 15.6. The van der Waals surface area contributed by atoms with Crippen molar-refractivity contribution in [2.75, 3.05) is 7.11 Å². The Morgan fingerprint density at radius 2 is 1.68 bits per heavy atom. The van der Waals surface area contributed by atoms with Gasteiger partial charge in [-0.15, -0.1) is 0 Å². The van der Waals surface area contributed by atoms with Crippen LogP contribution in [0.15, 0.2) is 48.5 Å². The van der Waals surface area contributed by atoms with E-state index in [0.29, 0.717) is 24.3 Å². The van der Waals surface area contributed by atoms with Gasteiger partial charge in [0, 0.05) is 12.0 Å². The van der Waals surface area contributed by atoms with Crippen LogP contribution in [-0.4, -0.2) is 30.1 Å². The minimum Gasteiger partial charge on any atom is -0.469 e. The second-order valence-corrected chi connectivity index (χ2v) is 7.69. The summed E-state index contributed by atoms with van der Waals surface area (Å²) in [6.45, 7) is 0. The Balaban J connectivity index is 1.39. The number of esters is 1. The first-order chi connectivity index (χ1) is 13.5. The number of ether oxygens (including phenoxy) is 1. The van der Waals surface area contributed by atoms with Crippen molar-refractivity contribution < 1.29 is 19.4 Å². The second kappa shape index (κ2) is 9.65. The van der Waals surface area contributed by atoms with Crippen molar-refractivity contribution >= 4 is 11.8 Å². The van der Waals surface area contributed by atoms with Crippen LogP contribution in [0, 0.1) is 5.92 Å². The van der Waals surface area contributed by atoms with Gasteiger partial charge in [0.1, 0.15) is 0 Å². The number of Topliss-reactive ketones (excluding diaryl/α,β-unsaturated/α-hetero) is 1. The van der Waals surface area contributed by atoms with E-state index in [1.807, 2.05) is 0 Å². The van der Waals surface area contributed by atoms with Gasteiger partial charge in [0.15, 0.2) is 5.78 Å². The number of hydrogen-bond donors (Lipinski definition) is 1. The van der Waals surface area contributed by atoms with Crippen molar-refractivity contribution in [3.8, 4) is 0 Å². The maximum absolute atomic E-state index is 12.3. The maximum atomic E-state index is 12.3. The first kappa shape index (κ1) is 20.3. The molecule has 0 aromatic heterocycles. The molecule has 1 N–H and O–H groups in total. The number of benzene rings is 2. The number of fused-ring (bicyclic) bond motifs is 1. The van der Waals surface area contributed by atoms with E-state index in [1.54, 1.807) is 24.3 Å². The third-order valence-electron chi connectivity index (χ3n) is 5.60. The zero-order valence-electron chi connectivity index (χ0n) is 16.4. The summed E-state index contributed by atoms with van der Waals surface area (Å²) in [5, 5.41) is 10.3. The molecule has 0 heterocycles. The van der Waals surface area contributed by atoms with E-state index < -0.39 is 6.10 Å². The zero-order chi connectivity index (χ0) is 19.9. The van der Waals surface area contributed by atoms with E-state index in [0.717, 1.165) is 31.2 Å². The summed E-state index contributed by atoms with van der Waals surface area (Å²) >= 11 is 0. The highest BCUT2D eigenvalue weighted by Gasteiger charge is 2.21. The number of ketones is 1. The number of hydrogen-bond acceptors (Lipinski definition) is 4. The number of carbonyl (C=O) groups is 2. The SMILES string of the molecule is COC(=O)Cc1ccc(C(=O)CC[C@@H](O)CCC2Cc3ccccc3C2)cc1. The molecule has 4 heteroatoms. The lowest BCUT2D eigenvalue weighted by Gasteiger charge is -2.13. The molecule has 0 bridgehead atoms. The summed E-state index contributed by atoms with van der Waals surface area (Å²) in [7, 11) is 1.36. The predicted molar refractivity (Wildman–Crippen MR) is 108 cm³/mol. The Bertz CT molecular complexity index is 785. The topological polar surface area (TPSA) is 63.6 Å². The molecule has 1 aliphatic carbocycles. The van der Waals surface area contributed by atoms with E-state index in [-0.39, 0.29) is 18.2 Å². The molecule has 1 atom stereocenters. The van der Waals surface area contributed by atoms with Crippen molar-refractivity contribution in [2.45, 2.75) is 51.0 Å². The lowest BCUT2D eigenvalue weighted by atomic mass is 9.95. The molecule has 0 aliphatic heterocycles. The van der Waals surface area contributed by atoms with Crippen LogP contribution in [-0.2, 0) is 28.8 Å². The quantitative estimate of drug-likeness (QED) is 0.529. The number of methoxy groups -OCH3 is 1. The Morgan fingerprint density at radius 3 is 2.29 bits per heavy atom. The Kier molecular flexibility index (Phi) is 6.99. The molecule has 1 aliphatic rings. The van der Waals surface area contributed by atoms with Gasteiger partial charge in [-0.1, -0.05) is 48.5 Å². The fraction of sp³-hybridized carbons (Fsp3) is 0.417. The zero-order valence-corrected chi connectivity index (χ0v) is 16.4. The van der Waals surface area contributed by atoms with Gasteiger partial charge in [-0.25, -0.2) is 0 Å². The number of carbonyl (C=O) groups excluding carboxylic acids is 2. The minimum absolute atomic E-state index is 0.0249. The molecule has 28 heavy (non-hydrogen) atoms. The summed E-state index contributed by atoms with van der Waals surface area (Å²) in [6.07, 6.45) is 4.52. The van der Waals surface area contributed by atoms with Crippen LogP contribution in [0.2, 0.25) is 0 Å². The largest absolute Gasteiger partial charge is 0.469 e. The molecular weight excluding hydrogens is 352 g/mol. The van der Waals surface area contributed by atoms with E-state index >= 15 is 0 Å². The predicted octanol–water partition coefficient (Wildman–Crippen LogP) is 3.92.